The second kappa shape index (κ2) is 8.49. The van der Waals surface area contributed by atoms with E-state index in [9.17, 15) is 4.79 Å². The summed E-state index contributed by atoms with van der Waals surface area (Å²) in [5.74, 6) is 0.0999. The molecule has 0 aromatic carbocycles. The summed E-state index contributed by atoms with van der Waals surface area (Å²) in [7, 11) is 1.91. The molecule has 1 aliphatic heterocycles. The van der Waals surface area contributed by atoms with Crippen molar-refractivity contribution in [3.8, 4) is 0 Å². The van der Waals surface area contributed by atoms with Gasteiger partial charge in [0, 0.05) is 30.9 Å². The third-order valence-corrected chi connectivity index (χ3v) is 3.66. The van der Waals surface area contributed by atoms with Crippen molar-refractivity contribution >= 4 is 30.7 Å². The lowest BCUT2D eigenvalue weighted by Gasteiger charge is -2.23. The molecule has 2 rings (SSSR count). The van der Waals surface area contributed by atoms with Crippen LogP contribution >= 0.6 is 24.8 Å². The number of nitrogens with one attached hydrogen (secondary N) is 2. The molecular formula is C13H24Cl2N4O. The molecule has 2 N–H and O–H groups in total. The third-order valence-electron chi connectivity index (χ3n) is 3.66. The highest BCUT2D eigenvalue weighted by Crippen LogP contribution is 2.12. The van der Waals surface area contributed by atoms with Crippen LogP contribution < -0.4 is 10.6 Å². The molecule has 1 aromatic heterocycles. The highest BCUT2D eigenvalue weighted by atomic mass is 35.5. The number of carbonyl (C=O) groups excluding carboxylic acids is 1. The van der Waals surface area contributed by atoms with Gasteiger partial charge in [-0.25, -0.2) is 0 Å². The van der Waals surface area contributed by atoms with Crippen LogP contribution in [0, 0.1) is 13.8 Å². The monoisotopic (exact) mass is 322 g/mol. The van der Waals surface area contributed by atoms with Gasteiger partial charge in [-0.3, -0.25) is 9.48 Å². The van der Waals surface area contributed by atoms with Crippen molar-refractivity contribution in [2.75, 3.05) is 13.1 Å². The van der Waals surface area contributed by atoms with Gasteiger partial charge >= 0.3 is 0 Å². The van der Waals surface area contributed by atoms with Crippen molar-refractivity contribution in [3.63, 3.8) is 0 Å². The van der Waals surface area contributed by atoms with Crippen LogP contribution in [-0.4, -0.2) is 34.8 Å². The molecule has 20 heavy (non-hydrogen) atoms. The Balaban J connectivity index is 0.00000180. The van der Waals surface area contributed by atoms with E-state index in [1.807, 2.05) is 25.6 Å². The van der Waals surface area contributed by atoms with Crippen LogP contribution in [0.3, 0.4) is 0 Å². The average Bonchev–Trinajstić information content (AvgIpc) is 2.57. The van der Waals surface area contributed by atoms with Gasteiger partial charge in [-0.2, -0.15) is 5.10 Å². The van der Waals surface area contributed by atoms with E-state index in [0.717, 1.165) is 42.9 Å². The molecule has 7 heteroatoms. The van der Waals surface area contributed by atoms with Crippen molar-refractivity contribution in [1.82, 2.24) is 20.4 Å². The van der Waals surface area contributed by atoms with E-state index < -0.39 is 0 Å². The van der Waals surface area contributed by atoms with Gasteiger partial charge in [0.05, 0.1) is 12.1 Å². The molecule has 0 saturated carbocycles. The molecule has 1 aliphatic rings. The molecule has 0 radical (unpaired) electrons. The molecule has 1 atom stereocenters. The summed E-state index contributed by atoms with van der Waals surface area (Å²) < 4.78 is 1.83. The van der Waals surface area contributed by atoms with E-state index in [1.165, 1.54) is 0 Å². The van der Waals surface area contributed by atoms with Crippen molar-refractivity contribution in [2.45, 2.75) is 39.2 Å². The lowest BCUT2D eigenvalue weighted by molar-refractivity contribution is -0.121. The summed E-state index contributed by atoms with van der Waals surface area (Å²) in [6, 6.07) is 0.281. The maximum absolute atomic E-state index is 12.0. The van der Waals surface area contributed by atoms with E-state index in [4.69, 9.17) is 0 Å². The minimum Gasteiger partial charge on any atom is -0.352 e. The normalized spacial score (nSPS) is 17.9. The Kier molecular flexibility index (Phi) is 8.16. The Hall–Kier alpha value is -0.780. The van der Waals surface area contributed by atoms with E-state index in [2.05, 4.69) is 15.7 Å². The minimum absolute atomic E-state index is 0. The van der Waals surface area contributed by atoms with Gasteiger partial charge in [-0.05, 0) is 33.2 Å². The molecule has 1 amide bonds. The standard InChI is InChI=1S/C13H22N4O.2ClH/c1-9-12(10(2)17(3)16-9)7-13(18)15-11-5-4-6-14-8-11;;/h11,14H,4-8H2,1-3H3,(H,15,18);2*1H/t11-;;/m0../s1. The zero-order valence-electron chi connectivity index (χ0n) is 12.2. The predicted octanol–water partition coefficient (Wildman–Crippen LogP) is 1.29. The van der Waals surface area contributed by atoms with Crippen LogP contribution in [0.1, 0.15) is 29.8 Å². The molecule has 116 valence electrons. The van der Waals surface area contributed by atoms with Gasteiger partial charge in [-0.15, -0.1) is 24.8 Å². The maximum Gasteiger partial charge on any atom is 0.224 e. The summed E-state index contributed by atoms with van der Waals surface area (Å²) in [6.07, 6.45) is 2.64. The SMILES string of the molecule is Cc1nn(C)c(C)c1CC(=O)N[C@H]1CCCNC1.Cl.Cl. The molecule has 0 aliphatic carbocycles. The number of aromatic nitrogens is 2. The number of rotatable bonds is 3. The van der Waals surface area contributed by atoms with Gasteiger partial charge in [0.25, 0.3) is 0 Å². The Morgan fingerprint density at radius 3 is 2.65 bits per heavy atom. The van der Waals surface area contributed by atoms with Gasteiger partial charge in [-0.1, -0.05) is 0 Å². The van der Waals surface area contributed by atoms with Gasteiger partial charge in [0.2, 0.25) is 5.91 Å². The fourth-order valence-electron chi connectivity index (χ4n) is 2.49. The number of nitrogens with zero attached hydrogens (tertiary/aromatic N) is 2. The molecule has 0 unspecified atom stereocenters. The highest BCUT2D eigenvalue weighted by molar-refractivity contribution is 5.85. The first-order valence-electron chi connectivity index (χ1n) is 6.57. The topological polar surface area (TPSA) is 59.0 Å². The van der Waals surface area contributed by atoms with Crippen LogP contribution in [0.15, 0.2) is 0 Å². The predicted molar refractivity (Wildman–Crippen MR) is 84.9 cm³/mol. The largest absolute Gasteiger partial charge is 0.352 e. The van der Waals surface area contributed by atoms with Crippen LogP contribution in [0.4, 0.5) is 0 Å². The van der Waals surface area contributed by atoms with E-state index in [-0.39, 0.29) is 36.8 Å². The molecule has 5 nitrogen and oxygen atoms in total. The van der Waals surface area contributed by atoms with Crippen molar-refractivity contribution < 1.29 is 4.79 Å². The number of hydrogen-bond donors (Lipinski definition) is 2. The van der Waals surface area contributed by atoms with E-state index in [0.29, 0.717) is 6.42 Å². The second-order valence-electron chi connectivity index (χ2n) is 5.06. The fraction of sp³-hybridized carbons (Fsp3) is 0.692. The zero-order chi connectivity index (χ0) is 13.1. The molecule has 1 fully saturated rings. The Morgan fingerprint density at radius 1 is 1.45 bits per heavy atom. The summed E-state index contributed by atoms with van der Waals surface area (Å²) >= 11 is 0. The summed E-state index contributed by atoms with van der Waals surface area (Å²) in [5.41, 5.74) is 3.08. The van der Waals surface area contributed by atoms with Crippen molar-refractivity contribution in [2.24, 2.45) is 7.05 Å². The number of aryl methyl sites for hydroxylation is 2. The fourth-order valence-corrected chi connectivity index (χ4v) is 2.49. The van der Waals surface area contributed by atoms with Crippen molar-refractivity contribution in [3.05, 3.63) is 17.0 Å². The van der Waals surface area contributed by atoms with E-state index in [1.54, 1.807) is 0 Å². The van der Waals surface area contributed by atoms with Gasteiger partial charge < -0.3 is 10.6 Å². The quantitative estimate of drug-likeness (QED) is 0.881. The first kappa shape index (κ1) is 19.2. The minimum atomic E-state index is 0. The lowest BCUT2D eigenvalue weighted by Crippen LogP contribution is -2.46. The van der Waals surface area contributed by atoms with Crippen molar-refractivity contribution in [1.29, 1.82) is 0 Å². The number of amides is 1. The summed E-state index contributed by atoms with van der Waals surface area (Å²) in [5, 5.41) is 10.7. The van der Waals surface area contributed by atoms with Gasteiger partial charge in [0.15, 0.2) is 0 Å². The molecular weight excluding hydrogens is 299 g/mol. The number of carbonyl (C=O) groups is 1. The molecule has 1 aromatic rings. The van der Waals surface area contributed by atoms with Crippen LogP contribution in [0.2, 0.25) is 0 Å². The smallest absolute Gasteiger partial charge is 0.224 e. The first-order valence-corrected chi connectivity index (χ1v) is 6.57. The highest BCUT2D eigenvalue weighted by Gasteiger charge is 2.18. The Labute approximate surface area is 132 Å². The number of halogens is 2. The maximum atomic E-state index is 12.0. The first-order chi connectivity index (χ1) is 8.58. The third kappa shape index (κ3) is 4.65. The zero-order valence-corrected chi connectivity index (χ0v) is 13.9. The van der Waals surface area contributed by atoms with E-state index >= 15 is 0 Å². The Bertz CT molecular complexity index is 442. The molecule has 2 heterocycles. The summed E-state index contributed by atoms with van der Waals surface area (Å²) in [6.45, 7) is 5.91. The molecule has 0 spiro atoms. The number of hydrogen-bond acceptors (Lipinski definition) is 3. The Morgan fingerprint density at radius 2 is 2.15 bits per heavy atom. The summed E-state index contributed by atoms with van der Waals surface area (Å²) in [4.78, 5) is 12.0. The average molecular weight is 323 g/mol. The molecule has 1 saturated heterocycles. The van der Waals surface area contributed by atoms with Crippen LogP contribution in [-0.2, 0) is 18.3 Å². The van der Waals surface area contributed by atoms with Crippen LogP contribution in [0.25, 0.3) is 0 Å². The number of piperidine rings is 1. The molecule has 0 bridgehead atoms. The second-order valence-corrected chi connectivity index (χ2v) is 5.06. The van der Waals surface area contributed by atoms with Crippen LogP contribution in [0.5, 0.6) is 0 Å². The van der Waals surface area contributed by atoms with Gasteiger partial charge in [0.1, 0.15) is 0 Å². The lowest BCUT2D eigenvalue weighted by atomic mass is 10.1.